The molecule has 0 spiro atoms. The number of fused-ring (bicyclic) bond motifs is 1. The Kier molecular flexibility index (Phi) is 7.63. The van der Waals surface area contributed by atoms with Crippen molar-refractivity contribution in [1.82, 2.24) is 10.2 Å². The Hall–Kier alpha value is -2.91. The molecule has 2 aliphatic rings. The molecule has 1 atom stereocenters. The van der Waals surface area contributed by atoms with Gasteiger partial charge in [-0.1, -0.05) is 60.7 Å². The summed E-state index contributed by atoms with van der Waals surface area (Å²) in [5, 5.41) is 3.20. The number of hydrogen-bond acceptors (Lipinski definition) is 2. The number of hydrogen-bond donors (Lipinski definition) is 1. The molecule has 0 aromatic heterocycles. The summed E-state index contributed by atoms with van der Waals surface area (Å²) in [5.41, 5.74) is 7.62. The molecule has 1 N–H and O–H groups in total. The lowest BCUT2D eigenvalue weighted by molar-refractivity contribution is 0.0940. The molecule has 5 rings (SSSR count). The summed E-state index contributed by atoms with van der Waals surface area (Å²) in [5.74, 6) is 0.792. The first kappa shape index (κ1) is 23.8. The SMILES string of the molecule is C[C@H](NC(=O)c1ccc(CN2CCC(Cc3ccccc3)CC2)cc1)c1ccc2c(c1)CCCC2. The molecule has 3 heteroatoms. The maximum atomic E-state index is 12.9. The lowest BCUT2D eigenvalue weighted by Gasteiger charge is -2.32. The van der Waals surface area contributed by atoms with Crippen LogP contribution in [0.5, 0.6) is 0 Å². The molecular weight excluding hydrogens is 428 g/mol. The highest BCUT2D eigenvalue weighted by molar-refractivity contribution is 5.94. The Bertz CT molecular complexity index is 1110. The predicted molar refractivity (Wildman–Crippen MR) is 144 cm³/mol. The van der Waals surface area contributed by atoms with Crippen LogP contribution in [-0.2, 0) is 25.8 Å². The fourth-order valence-corrected chi connectivity index (χ4v) is 5.70. The van der Waals surface area contributed by atoms with Crippen molar-refractivity contribution < 1.29 is 4.79 Å². The smallest absolute Gasteiger partial charge is 0.251 e. The fraction of sp³-hybridized carbons (Fsp3) is 0.406. The summed E-state index contributed by atoms with van der Waals surface area (Å²) in [4.78, 5) is 15.4. The zero-order chi connectivity index (χ0) is 24.0. The number of carbonyl (C=O) groups excluding carboxylic acids is 1. The highest BCUT2D eigenvalue weighted by Crippen LogP contribution is 2.25. The van der Waals surface area contributed by atoms with Gasteiger partial charge in [0.05, 0.1) is 6.04 Å². The van der Waals surface area contributed by atoms with Crippen molar-refractivity contribution in [3.8, 4) is 0 Å². The van der Waals surface area contributed by atoms with Gasteiger partial charge in [-0.2, -0.15) is 0 Å². The highest BCUT2D eigenvalue weighted by Gasteiger charge is 2.20. The van der Waals surface area contributed by atoms with Gasteiger partial charge in [0.15, 0.2) is 0 Å². The third kappa shape index (κ3) is 6.21. The van der Waals surface area contributed by atoms with Crippen molar-refractivity contribution in [1.29, 1.82) is 0 Å². The summed E-state index contributed by atoms with van der Waals surface area (Å²) in [6.45, 7) is 5.35. The van der Waals surface area contributed by atoms with E-state index in [1.54, 1.807) is 0 Å². The van der Waals surface area contributed by atoms with Crippen LogP contribution in [-0.4, -0.2) is 23.9 Å². The molecule has 1 heterocycles. The Morgan fingerprint density at radius 3 is 2.34 bits per heavy atom. The number of rotatable bonds is 7. The largest absolute Gasteiger partial charge is 0.346 e. The van der Waals surface area contributed by atoms with Crippen molar-refractivity contribution in [2.75, 3.05) is 13.1 Å². The molecule has 0 radical (unpaired) electrons. The summed E-state index contributed by atoms with van der Waals surface area (Å²) >= 11 is 0. The maximum Gasteiger partial charge on any atom is 0.251 e. The van der Waals surface area contributed by atoms with Crippen LogP contribution < -0.4 is 5.32 Å². The Labute approximate surface area is 210 Å². The number of amides is 1. The van der Waals surface area contributed by atoms with Crippen LogP contribution >= 0.6 is 0 Å². The zero-order valence-corrected chi connectivity index (χ0v) is 21.0. The summed E-state index contributed by atoms with van der Waals surface area (Å²) in [6, 6.07) is 25.8. The van der Waals surface area contributed by atoms with E-state index in [-0.39, 0.29) is 11.9 Å². The first-order chi connectivity index (χ1) is 17.1. The molecule has 0 unspecified atom stereocenters. The van der Waals surface area contributed by atoms with Gasteiger partial charge in [-0.05, 0) is 111 Å². The average Bonchev–Trinajstić information content (AvgIpc) is 2.90. The second kappa shape index (κ2) is 11.2. The van der Waals surface area contributed by atoms with E-state index in [0.29, 0.717) is 0 Å². The molecule has 1 fully saturated rings. The van der Waals surface area contributed by atoms with Crippen LogP contribution in [0, 0.1) is 5.92 Å². The number of aryl methyl sites for hydroxylation is 2. The van der Waals surface area contributed by atoms with E-state index in [2.05, 4.69) is 77.8 Å². The van der Waals surface area contributed by atoms with Crippen molar-refractivity contribution in [2.24, 2.45) is 5.92 Å². The lowest BCUT2D eigenvalue weighted by Crippen LogP contribution is -2.33. The van der Waals surface area contributed by atoms with E-state index in [1.807, 2.05) is 12.1 Å². The van der Waals surface area contributed by atoms with Gasteiger partial charge in [0.25, 0.3) is 5.91 Å². The minimum absolute atomic E-state index is 0.00324. The van der Waals surface area contributed by atoms with Gasteiger partial charge in [-0.25, -0.2) is 0 Å². The fourth-order valence-electron chi connectivity index (χ4n) is 5.70. The van der Waals surface area contributed by atoms with Crippen LogP contribution in [0.1, 0.15) is 76.8 Å². The van der Waals surface area contributed by atoms with Gasteiger partial charge >= 0.3 is 0 Å². The number of nitrogens with one attached hydrogen (secondary N) is 1. The van der Waals surface area contributed by atoms with Crippen molar-refractivity contribution in [3.63, 3.8) is 0 Å². The summed E-state index contributed by atoms with van der Waals surface area (Å²) in [7, 11) is 0. The molecule has 1 amide bonds. The number of benzene rings is 3. The Morgan fingerprint density at radius 2 is 1.60 bits per heavy atom. The molecule has 35 heavy (non-hydrogen) atoms. The van der Waals surface area contributed by atoms with Crippen LogP contribution in [0.3, 0.4) is 0 Å². The van der Waals surface area contributed by atoms with Gasteiger partial charge in [0.1, 0.15) is 0 Å². The van der Waals surface area contributed by atoms with Gasteiger partial charge in [-0.15, -0.1) is 0 Å². The van der Waals surface area contributed by atoms with E-state index in [9.17, 15) is 4.79 Å². The third-order valence-corrected chi connectivity index (χ3v) is 7.92. The molecule has 3 aromatic carbocycles. The maximum absolute atomic E-state index is 12.9. The van der Waals surface area contributed by atoms with Gasteiger partial charge in [0, 0.05) is 12.1 Å². The number of likely N-dealkylation sites (tertiary alicyclic amines) is 1. The topological polar surface area (TPSA) is 32.3 Å². The molecule has 0 bridgehead atoms. The number of piperidine rings is 1. The first-order valence-corrected chi connectivity index (χ1v) is 13.4. The van der Waals surface area contributed by atoms with Gasteiger partial charge < -0.3 is 5.32 Å². The van der Waals surface area contributed by atoms with Crippen LogP contribution in [0.2, 0.25) is 0 Å². The molecule has 1 aliphatic heterocycles. The van der Waals surface area contributed by atoms with Crippen LogP contribution in [0.15, 0.2) is 72.8 Å². The molecule has 3 aromatic rings. The van der Waals surface area contributed by atoms with E-state index in [0.717, 1.165) is 37.5 Å². The molecule has 182 valence electrons. The third-order valence-electron chi connectivity index (χ3n) is 7.92. The summed E-state index contributed by atoms with van der Waals surface area (Å²) in [6.07, 6.45) is 8.63. The highest BCUT2D eigenvalue weighted by atomic mass is 16.1. The second-order valence-corrected chi connectivity index (χ2v) is 10.5. The Morgan fingerprint density at radius 1 is 0.886 bits per heavy atom. The summed E-state index contributed by atoms with van der Waals surface area (Å²) < 4.78 is 0. The number of carbonyl (C=O) groups is 1. The average molecular weight is 467 g/mol. The van der Waals surface area contributed by atoms with E-state index >= 15 is 0 Å². The molecular formula is C32H38N2O. The Balaban J connectivity index is 1.10. The minimum atomic E-state index is 0.00324. The van der Waals surface area contributed by atoms with Crippen molar-refractivity contribution in [3.05, 3.63) is 106 Å². The monoisotopic (exact) mass is 466 g/mol. The minimum Gasteiger partial charge on any atom is -0.346 e. The van der Waals surface area contributed by atoms with Crippen LogP contribution in [0.25, 0.3) is 0 Å². The predicted octanol–water partition coefficient (Wildman–Crippen LogP) is 6.51. The first-order valence-electron chi connectivity index (χ1n) is 13.4. The van der Waals surface area contributed by atoms with Crippen LogP contribution in [0.4, 0.5) is 0 Å². The molecule has 1 aliphatic carbocycles. The van der Waals surface area contributed by atoms with Gasteiger partial charge in [0.2, 0.25) is 0 Å². The second-order valence-electron chi connectivity index (χ2n) is 10.5. The molecule has 3 nitrogen and oxygen atoms in total. The van der Waals surface area contributed by atoms with Crippen molar-refractivity contribution in [2.45, 2.75) is 64.5 Å². The van der Waals surface area contributed by atoms with E-state index < -0.39 is 0 Å². The quantitative estimate of drug-likeness (QED) is 0.430. The standard InChI is InChI=1S/C32H38N2O/c1-24(30-16-15-28-9-5-6-10-31(28)22-30)33-32(35)29-13-11-27(12-14-29)23-34-19-17-26(18-20-34)21-25-7-3-2-4-8-25/h2-4,7-8,11-16,22,24,26H,5-6,9-10,17-21,23H2,1H3,(H,33,35)/t24-/m0/s1. The molecule has 1 saturated heterocycles. The lowest BCUT2D eigenvalue weighted by atomic mass is 9.89. The molecule has 0 saturated carbocycles. The zero-order valence-electron chi connectivity index (χ0n) is 21.0. The van der Waals surface area contributed by atoms with E-state index in [1.165, 1.54) is 66.3 Å². The van der Waals surface area contributed by atoms with E-state index in [4.69, 9.17) is 0 Å². The van der Waals surface area contributed by atoms with Crippen molar-refractivity contribution >= 4 is 5.91 Å². The van der Waals surface area contributed by atoms with Gasteiger partial charge in [-0.3, -0.25) is 9.69 Å². The normalized spacial score (nSPS) is 17.5. The number of nitrogens with zero attached hydrogens (tertiary/aromatic N) is 1.